The number of Topliss-reactive ketones (excluding diaryl/α,β-unsaturated/α-hetero) is 1. The maximum Gasteiger partial charge on any atom is 0.246 e. The predicted octanol–water partition coefficient (Wildman–Crippen LogP) is 4.31. The number of hydrogen-bond acceptors (Lipinski definition) is 3. The fourth-order valence-electron chi connectivity index (χ4n) is 3.48. The van der Waals surface area contributed by atoms with Crippen LogP contribution in [0.1, 0.15) is 70.2 Å². The molecule has 1 saturated heterocycles. The van der Waals surface area contributed by atoms with Crippen molar-refractivity contribution in [2.45, 2.75) is 59.8 Å². The number of unbranched alkanes of at least 4 members (excludes halogenated alkanes) is 2. The van der Waals surface area contributed by atoms with E-state index in [-0.39, 0.29) is 30.1 Å². The second-order valence-corrected chi connectivity index (χ2v) is 8.42. The van der Waals surface area contributed by atoms with Crippen LogP contribution in [-0.2, 0) is 9.59 Å². The first-order chi connectivity index (χ1) is 13.3. The molecular weight excluding hydrogens is 352 g/mol. The van der Waals surface area contributed by atoms with E-state index in [1.165, 1.54) is 6.42 Å². The molecule has 0 radical (unpaired) electrons. The Morgan fingerprint density at radius 3 is 2.43 bits per heavy atom. The molecule has 2 amide bonds. The maximum atomic E-state index is 12.6. The largest absolute Gasteiger partial charge is 0.332 e. The van der Waals surface area contributed by atoms with Gasteiger partial charge >= 0.3 is 0 Å². The van der Waals surface area contributed by atoms with Crippen LogP contribution in [0.5, 0.6) is 0 Å². The molecule has 5 heteroatoms. The number of hydrogen-bond donors (Lipinski definition) is 0. The number of ketones is 1. The lowest BCUT2D eigenvalue weighted by molar-refractivity contribution is -0.136. The quantitative estimate of drug-likeness (QED) is 0.469. The molecule has 0 unspecified atom stereocenters. The second kappa shape index (κ2) is 10.4. The highest BCUT2D eigenvalue weighted by Gasteiger charge is 2.28. The van der Waals surface area contributed by atoms with E-state index < -0.39 is 0 Å². The molecule has 2 rings (SSSR count). The van der Waals surface area contributed by atoms with E-state index in [0.29, 0.717) is 31.0 Å². The van der Waals surface area contributed by atoms with Gasteiger partial charge in [-0.1, -0.05) is 59.1 Å². The molecule has 1 aromatic carbocycles. The molecule has 0 aromatic heterocycles. The summed E-state index contributed by atoms with van der Waals surface area (Å²) in [5, 5.41) is 0. The van der Waals surface area contributed by atoms with Crippen molar-refractivity contribution in [1.29, 1.82) is 0 Å². The van der Waals surface area contributed by atoms with Gasteiger partial charge in [0.1, 0.15) is 6.54 Å². The van der Waals surface area contributed by atoms with Gasteiger partial charge in [-0.15, -0.1) is 0 Å². The molecule has 1 heterocycles. The first-order valence-electron chi connectivity index (χ1n) is 10.5. The van der Waals surface area contributed by atoms with Crippen LogP contribution in [0.2, 0.25) is 0 Å². The van der Waals surface area contributed by atoms with Crippen LogP contribution in [0.3, 0.4) is 0 Å². The van der Waals surface area contributed by atoms with E-state index in [4.69, 9.17) is 0 Å². The Bertz CT molecular complexity index is 697. The Hall–Kier alpha value is -2.17. The van der Waals surface area contributed by atoms with Crippen LogP contribution in [0.4, 0.5) is 5.69 Å². The number of carbonyl (C=O) groups excluding carboxylic acids is 3. The molecule has 0 bridgehead atoms. The third kappa shape index (κ3) is 6.18. The molecule has 1 aromatic rings. The number of amides is 2. The van der Waals surface area contributed by atoms with Crippen molar-refractivity contribution in [3.63, 3.8) is 0 Å². The Morgan fingerprint density at radius 2 is 1.79 bits per heavy atom. The second-order valence-electron chi connectivity index (χ2n) is 8.42. The molecule has 0 spiro atoms. The smallest absolute Gasteiger partial charge is 0.246 e. The highest BCUT2D eigenvalue weighted by Crippen LogP contribution is 2.21. The third-order valence-corrected chi connectivity index (χ3v) is 5.21. The predicted molar refractivity (Wildman–Crippen MR) is 112 cm³/mol. The number of benzene rings is 1. The summed E-state index contributed by atoms with van der Waals surface area (Å²) in [5.41, 5.74) is 1.36. The minimum Gasteiger partial charge on any atom is -0.332 e. The lowest BCUT2D eigenvalue weighted by Crippen LogP contribution is -2.52. The fourth-order valence-corrected chi connectivity index (χ4v) is 3.48. The van der Waals surface area contributed by atoms with Crippen LogP contribution in [0.15, 0.2) is 24.3 Å². The van der Waals surface area contributed by atoms with Gasteiger partial charge in [-0.25, -0.2) is 0 Å². The number of carbonyl (C=O) groups is 3. The van der Waals surface area contributed by atoms with Gasteiger partial charge in [-0.3, -0.25) is 14.4 Å². The number of piperazine rings is 1. The van der Waals surface area contributed by atoms with Crippen LogP contribution in [-0.4, -0.2) is 42.1 Å². The lowest BCUT2D eigenvalue weighted by atomic mass is 10.0. The van der Waals surface area contributed by atoms with Crippen molar-refractivity contribution < 1.29 is 14.4 Å². The molecule has 0 atom stereocenters. The summed E-state index contributed by atoms with van der Waals surface area (Å²) in [4.78, 5) is 40.6. The zero-order chi connectivity index (χ0) is 20.7. The zero-order valence-corrected chi connectivity index (χ0v) is 17.7. The fraction of sp³-hybridized carbons (Fsp3) is 0.609. The first kappa shape index (κ1) is 22.1. The highest BCUT2D eigenvalue weighted by atomic mass is 16.2. The van der Waals surface area contributed by atoms with Crippen molar-refractivity contribution in [2.75, 3.05) is 24.5 Å². The standard InChI is InChI=1S/C23H34N2O3/c1-17(2)9-6-5-7-12-21(26)24-13-14-25(22(27)16-24)20-11-8-10-19(15-20)23(28)18(3)4/h8,10-11,15,17-18H,5-7,9,12-14,16H2,1-4H3. The summed E-state index contributed by atoms with van der Waals surface area (Å²) in [6.45, 7) is 9.29. The van der Waals surface area contributed by atoms with E-state index in [1.54, 1.807) is 21.9 Å². The molecule has 1 aliphatic rings. The molecule has 1 aliphatic heterocycles. The molecule has 1 fully saturated rings. The van der Waals surface area contributed by atoms with Gasteiger partial charge in [-0.05, 0) is 24.5 Å². The summed E-state index contributed by atoms with van der Waals surface area (Å²) in [7, 11) is 0. The zero-order valence-electron chi connectivity index (χ0n) is 17.7. The van der Waals surface area contributed by atoms with Crippen LogP contribution < -0.4 is 4.90 Å². The summed E-state index contributed by atoms with van der Waals surface area (Å²) >= 11 is 0. The molecule has 0 N–H and O–H groups in total. The van der Waals surface area contributed by atoms with Gasteiger partial charge in [0.25, 0.3) is 0 Å². The van der Waals surface area contributed by atoms with E-state index in [1.807, 2.05) is 26.0 Å². The van der Waals surface area contributed by atoms with Gasteiger partial charge in [-0.2, -0.15) is 0 Å². The lowest BCUT2D eigenvalue weighted by Gasteiger charge is -2.34. The van der Waals surface area contributed by atoms with Gasteiger partial charge in [0.2, 0.25) is 11.8 Å². The molecule has 154 valence electrons. The Balaban J connectivity index is 1.88. The first-order valence-corrected chi connectivity index (χ1v) is 10.5. The van der Waals surface area contributed by atoms with Crippen LogP contribution >= 0.6 is 0 Å². The van der Waals surface area contributed by atoms with Gasteiger partial charge in [0.05, 0.1) is 0 Å². The summed E-state index contributed by atoms with van der Waals surface area (Å²) < 4.78 is 0. The number of rotatable bonds is 9. The Morgan fingerprint density at radius 1 is 1.04 bits per heavy atom. The number of nitrogens with zero attached hydrogens (tertiary/aromatic N) is 2. The van der Waals surface area contributed by atoms with Crippen molar-refractivity contribution >= 4 is 23.3 Å². The molecule has 28 heavy (non-hydrogen) atoms. The number of anilines is 1. The summed E-state index contributed by atoms with van der Waals surface area (Å²) in [6, 6.07) is 7.23. The average molecular weight is 387 g/mol. The van der Waals surface area contributed by atoms with Gasteiger partial charge < -0.3 is 9.80 Å². The monoisotopic (exact) mass is 386 g/mol. The summed E-state index contributed by atoms with van der Waals surface area (Å²) in [5.74, 6) is 0.673. The maximum absolute atomic E-state index is 12.6. The molecule has 0 saturated carbocycles. The molecule has 0 aliphatic carbocycles. The minimum absolute atomic E-state index is 0.0700. The normalized spacial score (nSPS) is 14.9. The highest BCUT2D eigenvalue weighted by molar-refractivity contribution is 6.01. The van der Waals surface area contributed by atoms with Crippen LogP contribution in [0, 0.1) is 11.8 Å². The van der Waals surface area contributed by atoms with Crippen molar-refractivity contribution in [1.82, 2.24) is 4.90 Å². The van der Waals surface area contributed by atoms with Crippen LogP contribution in [0.25, 0.3) is 0 Å². The minimum atomic E-state index is -0.0893. The SMILES string of the molecule is CC(C)CCCCCC(=O)N1CCN(c2cccc(C(=O)C(C)C)c2)C(=O)C1. The van der Waals surface area contributed by atoms with Gasteiger partial charge in [0.15, 0.2) is 5.78 Å². The van der Waals surface area contributed by atoms with Crippen molar-refractivity contribution in [3.05, 3.63) is 29.8 Å². The van der Waals surface area contributed by atoms with E-state index in [9.17, 15) is 14.4 Å². The molecular formula is C23H34N2O3. The van der Waals surface area contributed by atoms with E-state index >= 15 is 0 Å². The van der Waals surface area contributed by atoms with Crippen molar-refractivity contribution in [2.24, 2.45) is 11.8 Å². The summed E-state index contributed by atoms with van der Waals surface area (Å²) in [6.07, 6.45) is 4.82. The topological polar surface area (TPSA) is 57.7 Å². The Labute approximate surface area is 169 Å². The third-order valence-electron chi connectivity index (χ3n) is 5.21. The van der Waals surface area contributed by atoms with E-state index in [0.717, 1.165) is 24.9 Å². The molecule has 5 nitrogen and oxygen atoms in total. The van der Waals surface area contributed by atoms with Crippen molar-refractivity contribution in [3.8, 4) is 0 Å². The Kier molecular flexibility index (Phi) is 8.21. The average Bonchev–Trinajstić information content (AvgIpc) is 2.66. The van der Waals surface area contributed by atoms with Gasteiger partial charge in [0, 0.05) is 36.7 Å². The van der Waals surface area contributed by atoms with E-state index in [2.05, 4.69) is 13.8 Å².